The highest BCUT2D eigenvalue weighted by molar-refractivity contribution is 6.32. The highest BCUT2D eigenvalue weighted by Gasteiger charge is 2.36. The van der Waals surface area contributed by atoms with Gasteiger partial charge >= 0.3 is 0 Å². The van der Waals surface area contributed by atoms with Crippen molar-refractivity contribution in [1.29, 1.82) is 5.26 Å². The standard InChI is InChI=1S/C21H19ClFN9O2/c22-20-15(1-2-17(23)16(20)6-24)18-10-30-3-4-31(9-14(30)11-34-18)19(33)5-13-7-25-21(26-8-13)32-12-27-28-29-32/h1-2,7-8,12,14,18H,3-5,9-11H2/t14-,18+/m1/s1. The molecule has 3 aromatic rings. The number of hydrogen-bond donors (Lipinski definition) is 0. The molecule has 4 heterocycles. The number of nitrogens with zero attached hydrogens (tertiary/aromatic N) is 9. The summed E-state index contributed by atoms with van der Waals surface area (Å²) < 4.78 is 21.2. The van der Waals surface area contributed by atoms with Gasteiger partial charge in [-0.15, -0.1) is 5.10 Å². The number of benzene rings is 1. The molecule has 174 valence electrons. The van der Waals surface area contributed by atoms with E-state index in [1.165, 1.54) is 17.1 Å². The van der Waals surface area contributed by atoms with Gasteiger partial charge in [0.25, 0.3) is 5.95 Å². The predicted molar refractivity (Wildman–Crippen MR) is 115 cm³/mol. The third kappa shape index (κ3) is 4.33. The number of amides is 1. The molecule has 0 spiro atoms. The van der Waals surface area contributed by atoms with E-state index in [9.17, 15) is 14.4 Å². The molecule has 0 radical (unpaired) electrons. The number of nitriles is 1. The Bertz CT molecular complexity index is 1230. The van der Waals surface area contributed by atoms with Crippen LogP contribution in [0.5, 0.6) is 0 Å². The SMILES string of the molecule is N#Cc1c(F)ccc([C@@H]2CN3CCN(C(=O)Cc4cnc(-n5cnnn5)nc4)C[C@@H]3CO2)c1Cl. The number of carbonyl (C=O) groups is 1. The molecule has 0 unspecified atom stereocenters. The van der Waals surface area contributed by atoms with Crippen LogP contribution in [0.15, 0.2) is 30.9 Å². The van der Waals surface area contributed by atoms with Crippen LogP contribution in [0.3, 0.4) is 0 Å². The third-order valence-electron chi connectivity index (χ3n) is 6.03. The number of halogens is 2. The molecular weight excluding hydrogens is 465 g/mol. The minimum atomic E-state index is -0.646. The Morgan fingerprint density at radius 2 is 2.09 bits per heavy atom. The Morgan fingerprint density at radius 3 is 2.82 bits per heavy atom. The largest absolute Gasteiger partial charge is 0.370 e. The summed E-state index contributed by atoms with van der Waals surface area (Å²) in [7, 11) is 0. The van der Waals surface area contributed by atoms with Crippen LogP contribution in [-0.4, -0.2) is 84.7 Å². The summed E-state index contributed by atoms with van der Waals surface area (Å²) in [6, 6.07) is 4.66. The Hall–Kier alpha value is -3.53. The number of carbonyl (C=O) groups excluding carboxylic acids is 1. The smallest absolute Gasteiger partial charge is 0.253 e. The maximum absolute atomic E-state index is 13.8. The lowest BCUT2D eigenvalue weighted by Crippen LogP contribution is -2.59. The zero-order chi connectivity index (χ0) is 23.7. The van der Waals surface area contributed by atoms with Crippen molar-refractivity contribution in [3.63, 3.8) is 0 Å². The van der Waals surface area contributed by atoms with Crippen LogP contribution < -0.4 is 0 Å². The minimum absolute atomic E-state index is 0.0132. The predicted octanol–water partition coefficient (Wildman–Crippen LogP) is 0.943. The van der Waals surface area contributed by atoms with Gasteiger partial charge in [0.2, 0.25) is 5.91 Å². The molecule has 13 heteroatoms. The quantitative estimate of drug-likeness (QED) is 0.532. The fraction of sp³-hybridized carbons (Fsp3) is 0.381. The van der Waals surface area contributed by atoms with Gasteiger partial charge in [0, 0.05) is 44.1 Å². The Labute approximate surface area is 198 Å². The Balaban J connectivity index is 1.19. The van der Waals surface area contributed by atoms with E-state index in [0.717, 1.165) is 0 Å². The summed E-state index contributed by atoms with van der Waals surface area (Å²) >= 11 is 6.27. The van der Waals surface area contributed by atoms with Crippen LogP contribution in [0.25, 0.3) is 5.95 Å². The zero-order valence-electron chi connectivity index (χ0n) is 17.9. The number of fused-ring (bicyclic) bond motifs is 1. The molecule has 0 bridgehead atoms. The van der Waals surface area contributed by atoms with Crippen LogP contribution >= 0.6 is 11.6 Å². The maximum atomic E-state index is 13.8. The van der Waals surface area contributed by atoms with E-state index in [1.807, 2.05) is 11.0 Å². The van der Waals surface area contributed by atoms with E-state index in [1.54, 1.807) is 18.5 Å². The Kier molecular flexibility index (Phi) is 6.14. The van der Waals surface area contributed by atoms with Crippen LogP contribution in [0.2, 0.25) is 5.02 Å². The summed E-state index contributed by atoms with van der Waals surface area (Å²) in [5, 5.41) is 20.1. The second-order valence-electron chi connectivity index (χ2n) is 8.07. The average Bonchev–Trinajstić information content (AvgIpc) is 3.39. The topological polar surface area (TPSA) is 126 Å². The van der Waals surface area contributed by atoms with Gasteiger partial charge in [-0.05, 0) is 22.1 Å². The van der Waals surface area contributed by atoms with E-state index in [-0.39, 0.29) is 35.1 Å². The van der Waals surface area contributed by atoms with E-state index >= 15 is 0 Å². The average molecular weight is 484 g/mol. The van der Waals surface area contributed by atoms with Crippen molar-refractivity contribution >= 4 is 17.5 Å². The maximum Gasteiger partial charge on any atom is 0.253 e. The van der Waals surface area contributed by atoms with Gasteiger partial charge < -0.3 is 9.64 Å². The first kappa shape index (κ1) is 22.3. The van der Waals surface area contributed by atoms with Crippen LogP contribution in [0.1, 0.15) is 22.8 Å². The second-order valence-corrected chi connectivity index (χ2v) is 8.45. The van der Waals surface area contributed by atoms with Gasteiger partial charge in [-0.2, -0.15) is 9.94 Å². The molecule has 0 aliphatic carbocycles. The van der Waals surface area contributed by atoms with Crippen LogP contribution in [0.4, 0.5) is 4.39 Å². The monoisotopic (exact) mass is 483 g/mol. The zero-order valence-corrected chi connectivity index (χ0v) is 18.6. The Morgan fingerprint density at radius 1 is 1.26 bits per heavy atom. The molecule has 2 aliphatic rings. The van der Waals surface area contributed by atoms with Gasteiger partial charge in [0.15, 0.2) is 0 Å². The summed E-state index contributed by atoms with van der Waals surface area (Å²) in [6.45, 7) is 2.74. The van der Waals surface area contributed by atoms with Crippen molar-refractivity contribution < 1.29 is 13.9 Å². The van der Waals surface area contributed by atoms with Crippen molar-refractivity contribution in [3.05, 3.63) is 58.4 Å². The molecule has 1 amide bonds. The number of rotatable bonds is 4. The normalized spacial score (nSPS) is 20.6. The van der Waals surface area contributed by atoms with E-state index in [2.05, 4.69) is 30.4 Å². The van der Waals surface area contributed by atoms with Crippen LogP contribution in [-0.2, 0) is 16.0 Å². The highest BCUT2D eigenvalue weighted by Crippen LogP contribution is 2.34. The van der Waals surface area contributed by atoms with Gasteiger partial charge in [-0.25, -0.2) is 14.4 Å². The molecule has 0 saturated carbocycles. The molecular formula is C21H19ClFN9O2. The fourth-order valence-electron chi connectivity index (χ4n) is 4.22. The lowest BCUT2D eigenvalue weighted by molar-refractivity contribution is -0.139. The number of piperazine rings is 1. The molecule has 1 aromatic carbocycles. The molecule has 2 fully saturated rings. The molecule has 2 saturated heterocycles. The van der Waals surface area contributed by atoms with Crippen molar-refractivity contribution in [2.24, 2.45) is 0 Å². The lowest BCUT2D eigenvalue weighted by atomic mass is 10.0. The van der Waals surface area contributed by atoms with Crippen molar-refractivity contribution in [1.82, 2.24) is 40.0 Å². The first-order valence-corrected chi connectivity index (χ1v) is 11.0. The number of hydrogen-bond acceptors (Lipinski definition) is 9. The van der Waals surface area contributed by atoms with Gasteiger partial charge in [-0.1, -0.05) is 17.7 Å². The summed E-state index contributed by atoms with van der Waals surface area (Å²) in [6.07, 6.45) is 4.40. The molecule has 2 aromatic heterocycles. The second kappa shape index (κ2) is 9.38. The lowest BCUT2D eigenvalue weighted by Gasteiger charge is -2.46. The molecule has 2 aliphatic heterocycles. The van der Waals surface area contributed by atoms with Gasteiger partial charge in [-0.3, -0.25) is 9.69 Å². The number of aromatic nitrogens is 6. The number of morpholine rings is 1. The summed E-state index contributed by atoms with van der Waals surface area (Å²) in [5.74, 6) is -0.333. The third-order valence-corrected chi connectivity index (χ3v) is 6.44. The van der Waals surface area contributed by atoms with Gasteiger partial charge in [0.1, 0.15) is 23.8 Å². The molecule has 5 rings (SSSR count). The van der Waals surface area contributed by atoms with Crippen molar-refractivity contribution in [3.8, 4) is 12.0 Å². The highest BCUT2D eigenvalue weighted by atomic mass is 35.5. The first-order chi connectivity index (χ1) is 16.5. The van der Waals surface area contributed by atoms with Crippen molar-refractivity contribution in [2.45, 2.75) is 18.6 Å². The summed E-state index contributed by atoms with van der Waals surface area (Å²) in [5.41, 5.74) is 1.13. The fourth-order valence-corrected chi connectivity index (χ4v) is 4.53. The molecule has 11 nitrogen and oxygen atoms in total. The van der Waals surface area contributed by atoms with Gasteiger partial charge in [0.05, 0.1) is 30.2 Å². The molecule has 2 atom stereocenters. The van der Waals surface area contributed by atoms with E-state index in [4.69, 9.17) is 16.3 Å². The minimum Gasteiger partial charge on any atom is -0.370 e. The molecule has 0 N–H and O–H groups in total. The molecule has 34 heavy (non-hydrogen) atoms. The van der Waals surface area contributed by atoms with E-state index < -0.39 is 5.82 Å². The number of ether oxygens (including phenoxy) is 1. The summed E-state index contributed by atoms with van der Waals surface area (Å²) in [4.78, 5) is 25.3. The van der Waals surface area contributed by atoms with Crippen LogP contribution in [0, 0.1) is 17.1 Å². The van der Waals surface area contributed by atoms with Crippen molar-refractivity contribution in [2.75, 3.05) is 32.8 Å². The van der Waals surface area contributed by atoms with E-state index in [0.29, 0.717) is 49.9 Å². The first-order valence-electron chi connectivity index (χ1n) is 10.6. The number of tetrazole rings is 1.